The average Bonchev–Trinajstić information content (AvgIpc) is 3.06. The molecule has 160 valence electrons. The lowest BCUT2D eigenvalue weighted by molar-refractivity contribution is -0.141. The zero-order chi connectivity index (χ0) is 22.3. The molecule has 13 heteroatoms. The van der Waals surface area contributed by atoms with Crippen molar-refractivity contribution in [2.75, 3.05) is 0 Å². The maximum atomic E-state index is 13.2. The topological polar surface area (TPSA) is 122 Å². The lowest BCUT2D eigenvalue weighted by Gasteiger charge is -2.10. The largest absolute Gasteiger partial charge is 0.435 e. The van der Waals surface area contributed by atoms with Crippen LogP contribution in [-0.4, -0.2) is 28.0 Å². The van der Waals surface area contributed by atoms with Crippen molar-refractivity contribution < 1.29 is 35.9 Å². The Morgan fingerprint density at radius 2 is 1.60 bits per heavy atom. The number of hydrogen-bond donors (Lipinski definition) is 3. The summed E-state index contributed by atoms with van der Waals surface area (Å²) in [5, 5.41) is 3.60. The Labute approximate surface area is 169 Å². The van der Waals surface area contributed by atoms with Crippen molar-refractivity contribution in [3.63, 3.8) is 0 Å². The van der Waals surface area contributed by atoms with Gasteiger partial charge in [0, 0.05) is 5.56 Å². The molecule has 3 N–H and O–H groups in total. The van der Waals surface area contributed by atoms with Crippen molar-refractivity contribution in [1.29, 1.82) is 0 Å². The molecule has 1 aromatic heterocycles. The highest BCUT2D eigenvalue weighted by atomic mass is 32.2. The second-order valence-corrected chi connectivity index (χ2v) is 9.62. The lowest BCUT2D eigenvalue weighted by atomic mass is 10.1. The van der Waals surface area contributed by atoms with Crippen molar-refractivity contribution >= 4 is 17.8 Å². The molecule has 0 amide bonds. The minimum atomic E-state index is -5.07. The van der Waals surface area contributed by atoms with Crippen LogP contribution in [0.15, 0.2) is 59.5 Å². The van der Waals surface area contributed by atoms with Gasteiger partial charge >= 0.3 is 13.9 Å². The van der Waals surface area contributed by atoms with Crippen LogP contribution in [0.3, 0.4) is 0 Å². The molecule has 0 radical (unpaired) electrons. The number of halogens is 3. The standard InChI is InChI=1S/C17H15F3N3O5PS/c1-11-2-4-12(5-3-11)15-10-16(17(18,19)20)21-23(15)13-6-8-14(9-7-13)30(27,28)22-29(24,25)26/h2-10H,1H3,(H3,22,24,25,26). The minimum absolute atomic E-state index is 0.121. The van der Waals surface area contributed by atoms with Gasteiger partial charge in [0.05, 0.1) is 16.3 Å². The molecule has 8 nitrogen and oxygen atoms in total. The SMILES string of the molecule is Cc1ccc(-c2cc(C(F)(F)F)nn2-c2ccc(S(=O)(=O)NP(=O)(O)O)cc2)cc1. The Kier molecular flexibility index (Phi) is 5.65. The van der Waals surface area contributed by atoms with E-state index in [2.05, 4.69) is 5.10 Å². The first-order chi connectivity index (χ1) is 13.8. The van der Waals surface area contributed by atoms with Crippen molar-refractivity contribution in [2.45, 2.75) is 18.0 Å². The molecule has 0 bridgehead atoms. The number of nitrogens with one attached hydrogen (secondary N) is 1. The van der Waals surface area contributed by atoms with Crippen LogP contribution in [0.1, 0.15) is 11.3 Å². The van der Waals surface area contributed by atoms with E-state index in [9.17, 15) is 26.2 Å². The fourth-order valence-corrected chi connectivity index (χ4v) is 4.79. The summed E-state index contributed by atoms with van der Waals surface area (Å²) in [5.41, 5.74) is 0.497. The Morgan fingerprint density at radius 3 is 2.10 bits per heavy atom. The van der Waals surface area contributed by atoms with Crippen LogP contribution in [0, 0.1) is 6.92 Å². The Bertz CT molecular complexity index is 1220. The number of aromatic nitrogens is 2. The van der Waals surface area contributed by atoms with E-state index in [1.165, 1.54) is 16.6 Å². The number of nitrogens with zero attached hydrogens (tertiary/aromatic N) is 2. The zero-order valence-electron chi connectivity index (χ0n) is 15.2. The Balaban J connectivity index is 2.08. The summed E-state index contributed by atoms with van der Waals surface area (Å²) < 4.78 is 76.7. The second kappa shape index (κ2) is 7.64. The van der Waals surface area contributed by atoms with Crippen LogP contribution in [0.5, 0.6) is 0 Å². The zero-order valence-corrected chi connectivity index (χ0v) is 16.9. The van der Waals surface area contributed by atoms with Crippen LogP contribution in [0.25, 0.3) is 16.9 Å². The van der Waals surface area contributed by atoms with E-state index in [0.717, 1.165) is 28.4 Å². The summed E-state index contributed by atoms with van der Waals surface area (Å²) >= 11 is 0. The highest BCUT2D eigenvalue weighted by Crippen LogP contribution is 2.34. The van der Waals surface area contributed by atoms with E-state index in [1.54, 1.807) is 24.3 Å². The maximum absolute atomic E-state index is 13.2. The fraction of sp³-hybridized carbons (Fsp3) is 0.118. The highest BCUT2D eigenvalue weighted by Gasteiger charge is 2.35. The number of benzene rings is 2. The number of sulfonamides is 1. The molecule has 0 aliphatic heterocycles. The third kappa shape index (κ3) is 4.97. The maximum Gasteiger partial charge on any atom is 0.435 e. The summed E-state index contributed by atoms with van der Waals surface area (Å²) in [6.45, 7) is 1.83. The first-order valence-electron chi connectivity index (χ1n) is 8.21. The summed E-state index contributed by atoms with van der Waals surface area (Å²) in [7, 11) is -9.60. The van der Waals surface area contributed by atoms with E-state index in [-0.39, 0.29) is 11.4 Å². The molecule has 0 unspecified atom stereocenters. The molecule has 0 saturated carbocycles. The molecule has 30 heavy (non-hydrogen) atoms. The van der Waals surface area contributed by atoms with E-state index in [0.29, 0.717) is 5.56 Å². The van der Waals surface area contributed by atoms with E-state index in [4.69, 9.17) is 9.79 Å². The van der Waals surface area contributed by atoms with Gasteiger partial charge in [0.1, 0.15) is 0 Å². The summed E-state index contributed by atoms with van der Waals surface area (Å²) in [5.74, 6) is 0. The first-order valence-corrected chi connectivity index (χ1v) is 11.3. The van der Waals surface area contributed by atoms with Gasteiger partial charge in [-0.25, -0.2) is 17.7 Å². The Morgan fingerprint density at radius 1 is 1.03 bits per heavy atom. The molecule has 0 atom stereocenters. The van der Waals surface area contributed by atoms with Gasteiger partial charge in [0.15, 0.2) is 5.69 Å². The molecule has 1 heterocycles. The third-order valence-corrected chi connectivity index (χ3v) is 6.78. The predicted octanol–water partition coefficient (Wildman–Crippen LogP) is 3.24. The molecule has 2 aromatic carbocycles. The molecule has 0 saturated heterocycles. The highest BCUT2D eigenvalue weighted by molar-refractivity contribution is 7.94. The van der Waals surface area contributed by atoms with Crippen LogP contribution < -0.4 is 4.49 Å². The van der Waals surface area contributed by atoms with Crippen molar-refractivity contribution in [1.82, 2.24) is 14.3 Å². The van der Waals surface area contributed by atoms with Crippen LogP contribution >= 0.6 is 7.75 Å². The number of hydrogen-bond acceptors (Lipinski definition) is 4. The van der Waals surface area contributed by atoms with Crippen molar-refractivity contribution in [2.24, 2.45) is 0 Å². The minimum Gasteiger partial charge on any atom is -0.312 e. The summed E-state index contributed by atoms with van der Waals surface area (Å²) in [6.07, 6.45) is -4.69. The van der Waals surface area contributed by atoms with Gasteiger partial charge in [-0.05, 0) is 37.3 Å². The second-order valence-electron chi connectivity index (χ2n) is 6.32. The molecule has 0 aliphatic rings. The third-order valence-electron chi connectivity index (χ3n) is 3.98. The first kappa shape index (κ1) is 22.2. The smallest absolute Gasteiger partial charge is 0.312 e. The van der Waals surface area contributed by atoms with Gasteiger partial charge in [-0.3, -0.25) is 0 Å². The normalized spacial score (nSPS) is 12.9. The van der Waals surface area contributed by atoms with Gasteiger partial charge in [-0.2, -0.15) is 18.3 Å². The van der Waals surface area contributed by atoms with Gasteiger partial charge < -0.3 is 9.79 Å². The molecule has 3 rings (SSSR count). The van der Waals surface area contributed by atoms with Crippen LogP contribution in [0.2, 0.25) is 0 Å². The van der Waals surface area contributed by atoms with Crippen molar-refractivity contribution in [3.05, 3.63) is 65.9 Å². The van der Waals surface area contributed by atoms with Gasteiger partial charge in [-0.1, -0.05) is 29.8 Å². The number of alkyl halides is 3. The molecular formula is C17H15F3N3O5PS. The number of rotatable bonds is 5. The average molecular weight is 461 g/mol. The lowest BCUT2D eigenvalue weighted by Crippen LogP contribution is -2.20. The quantitative estimate of drug-likeness (QED) is 0.502. The monoisotopic (exact) mass is 461 g/mol. The van der Waals surface area contributed by atoms with Gasteiger partial charge in [0.2, 0.25) is 10.0 Å². The fourth-order valence-electron chi connectivity index (χ4n) is 2.62. The molecular weight excluding hydrogens is 446 g/mol. The number of aryl methyl sites for hydroxylation is 1. The molecule has 0 fully saturated rings. The molecule has 3 aromatic rings. The van der Waals surface area contributed by atoms with Gasteiger partial charge in [0.25, 0.3) is 0 Å². The Hall–Kier alpha value is -2.50. The van der Waals surface area contributed by atoms with Crippen molar-refractivity contribution in [3.8, 4) is 16.9 Å². The van der Waals surface area contributed by atoms with E-state index >= 15 is 0 Å². The molecule has 0 spiro atoms. The van der Waals surface area contributed by atoms with Crippen LogP contribution in [0.4, 0.5) is 13.2 Å². The predicted molar refractivity (Wildman–Crippen MR) is 101 cm³/mol. The van der Waals surface area contributed by atoms with Gasteiger partial charge in [-0.15, -0.1) is 4.49 Å². The van der Waals surface area contributed by atoms with Crippen LogP contribution in [-0.2, 0) is 20.8 Å². The summed E-state index contributed by atoms with van der Waals surface area (Å²) in [4.78, 5) is 17.1. The summed E-state index contributed by atoms with van der Waals surface area (Å²) in [6, 6.07) is 12.0. The molecule has 0 aliphatic carbocycles. The van der Waals surface area contributed by atoms with E-state index in [1.807, 2.05) is 6.92 Å². The van der Waals surface area contributed by atoms with E-state index < -0.39 is 34.5 Å².